The largest absolute Gasteiger partial charge is 0.496 e. The molecule has 0 fully saturated rings. The number of aryl methyl sites for hydroxylation is 1. The molecular formula is C25H30N4O3. The summed E-state index contributed by atoms with van der Waals surface area (Å²) in [6.07, 6.45) is 3.49. The van der Waals surface area contributed by atoms with Crippen molar-refractivity contribution in [2.24, 2.45) is 7.05 Å². The lowest BCUT2D eigenvalue weighted by atomic mass is 9.87. The van der Waals surface area contributed by atoms with Crippen LogP contribution in [-0.4, -0.2) is 35.0 Å². The van der Waals surface area contributed by atoms with E-state index >= 15 is 0 Å². The molecule has 1 unspecified atom stereocenters. The highest BCUT2D eigenvalue weighted by Crippen LogP contribution is 2.29. The molecule has 2 aromatic carbocycles. The third kappa shape index (κ3) is 5.35. The van der Waals surface area contributed by atoms with Crippen molar-refractivity contribution < 1.29 is 14.3 Å². The number of carbonyl (C=O) groups excluding carboxylic acids is 2. The molecule has 7 heteroatoms. The third-order valence-corrected chi connectivity index (χ3v) is 5.29. The van der Waals surface area contributed by atoms with Crippen LogP contribution >= 0.6 is 0 Å². The van der Waals surface area contributed by atoms with E-state index in [0.717, 1.165) is 11.1 Å². The normalized spacial score (nSPS) is 12.2. The minimum atomic E-state index is -0.526. The van der Waals surface area contributed by atoms with Gasteiger partial charge >= 0.3 is 0 Å². The molecule has 0 aliphatic carbocycles. The SMILES string of the molecule is COc1ccccc1C(NC(=O)CNC(=O)c1ccc(C(C)(C)C)cc1)c1nccn1C. The van der Waals surface area contributed by atoms with Crippen LogP contribution < -0.4 is 15.4 Å². The van der Waals surface area contributed by atoms with E-state index in [0.29, 0.717) is 17.1 Å². The average molecular weight is 435 g/mol. The second kappa shape index (κ2) is 9.68. The first-order valence-corrected chi connectivity index (χ1v) is 10.5. The molecule has 2 amide bonds. The van der Waals surface area contributed by atoms with Crippen LogP contribution in [0.5, 0.6) is 5.75 Å². The van der Waals surface area contributed by atoms with Gasteiger partial charge in [0.2, 0.25) is 5.91 Å². The fourth-order valence-corrected chi connectivity index (χ4v) is 3.44. The Kier molecular flexibility index (Phi) is 6.98. The van der Waals surface area contributed by atoms with Crippen molar-refractivity contribution in [2.45, 2.75) is 32.2 Å². The molecule has 1 heterocycles. The van der Waals surface area contributed by atoms with E-state index in [1.807, 2.05) is 54.2 Å². The quantitative estimate of drug-likeness (QED) is 0.597. The zero-order valence-corrected chi connectivity index (χ0v) is 19.2. The number of hydrogen-bond donors (Lipinski definition) is 2. The standard InChI is InChI=1S/C25H30N4O3/c1-25(2,3)18-12-10-17(11-13-18)24(31)27-16-21(30)28-22(23-26-14-15-29(23)4)19-8-6-7-9-20(19)32-5/h6-15,22H,16H2,1-5H3,(H,27,31)(H,28,30). The molecule has 0 radical (unpaired) electrons. The van der Waals surface area contributed by atoms with E-state index in [2.05, 4.69) is 36.4 Å². The van der Waals surface area contributed by atoms with Crippen molar-refractivity contribution in [1.29, 1.82) is 0 Å². The zero-order valence-electron chi connectivity index (χ0n) is 19.2. The van der Waals surface area contributed by atoms with Gasteiger partial charge in [0, 0.05) is 30.6 Å². The Hall–Kier alpha value is -3.61. The fraction of sp³-hybridized carbons (Fsp3) is 0.320. The van der Waals surface area contributed by atoms with E-state index in [1.165, 1.54) is 0 Å². The molecule has 168 valence electrons. The van der Waals surface area contributed by atoms with Crippen LogP contribution in [0.25, 0.3) is 0 Å². The molecule has 0 saturated carbocycles. The summed E-state index contributed by atoms with van der Waals surface area (Å²) in [5.74, 6) is 0.672. The number of carbonyl (C=O) groups is 2. The van der Waals surface area contributed by atoms with Crippen molar-refractivity contribution in [1.82, 2.24) is 20.2 Å². The van der Waals surface area contributed by atoms with E-state index in [-0.39, 0.29) is 23.8 Å². The number of nitrogens with one attached hydrogen (secondary N) is 2. The van der Waals surface area contributed by atoms with Gasteiger partial charge in [-0.15, -0.1) is 0 Å². The fourth-order valence-electron chi connectivity index (χ4n) is 3.44. The third-order valence-electron chi connectivity index (χ3n) is 5.29. The molecule has 0 spiro atoms. The molecule has 0 bridgehead atoms. The predicted octanol–water partition coefficient (Wildman–Crippen LogP) is 3.36. The second-order valence-electron chi connectivity index (χ2n) is 8.65. The number of hydrogen-bond acceptors (Lipinski definition) is 4. The number of imidazole rings is 1. The van der Waals surface area contributed by atoms with Gasteiger partial charge in [-0.1, -0.05) is 51.1 Å². The van der Waals surface area contributed by atoms with Crippen molar-refractivity contribution >= 4 is 11.8 Å². The Morgan fingerprint density at radius 3 is 2.38 bits per heavy atom. The maximum Gasteiger partial charge on any atom is 0.251 e. The van der Waals surface area contributed by atoms with E-state index in [1.54, 1.807) is 25.4 Å². The Morgan fingerprint density at radius 2 is 1.78 bits per heavy atom. The van der Waals surface area contributed by atoms with Crippen LogP contribution in [-0.2, 0) is 17.3 Å². The minimum absolute atomic E-state index is 0.00732. The predicted molar refractivity (Wildman–Crippen MR) is 124 cm³/mol. The van der Waals surface area contributed by atoms with Crippen LogP contribution in [0.4, 0.5) is 0 Å². The Morgan fingerprint density at radius 1 is 1.09 bits per heavy atom. The number of aromatic nitrogens is 2. The molecule has 0 aliphatic heterocycles. The van der Waals surface area contributed by atoms with Gasteiger partial charge in [0.05, 0.1) is 13.7 Å². The van der Waals surface area contributed by atoms with Crippen LogP contribution in [0.3, 0.4) is 0 Å². The van der Waals surface area contributed by atoms with Gasteiger partial charge in [-0.3, -0.25) is 9.59 Å². The number of amides is 2. The number of rotatable bonds is 7. The molecule has 0 saturated heterocycles. The van der Waals surface area contributed by atoms with Crippen molar-refractivity contribution in [2.75, 3.05) is 13.7 Å². The molecule has 32 heavy (non-hydrogen) atoms. The van der Waals surface area contributed by atoms with Crippen molar-refractivity contribution in [3.63, 3.8) is 0 Å². The molecule has 2 N–H and O–H groups in total. The van der Waals surface area contributed by atoms with Gasteiger partial charge in [0.15, 0.2) is 0 Å². The second-order valence-corrected chi connectivity index (χ2v) is 8.65. The molecule has 3 rings (SSSR count). The highest BCUT2D eigenvalue weighted by molar-refractivity contribution is 5.96. The molecule has 3 aromatic rings. The zero-order chi connectivity index (χ0) is 23.3. The smallest absolute Gasteiger partial charge is 0.251 e. The van der Waals surface area contributed by atoms with Crippen LogP contribution in [0.15, 0.2) is 60.9 Å². The summed E-state index contributed by atoms with van der Waals surface area (Å²) in [7, 11) is 3.45. The summed E-state index contributed by atoms with van der Waals surface area (Å²) in [4.78, 5) is 29.7. The van der Waals surface area contributed by atoms with Gasteiger partial charge in [0.25, 0.3) is 5.91 Å². The summed E-state index contributed by atoms with van der Waals surface area (Å²) in [5, 5.41) is 5.66. The number of para-hydroxylation sites is 1. The van der Waals surface area contributed by atoms with Crippen LogP contribution in [0.1, 0.15) is 54.1 Å². The molecule has 7 nitrogen and oxygen atoms in total. The first-order chi connectivity index (χ1) is 15.2. The lowest BCUT2D eigenvalue weighted by Gasteiger charge is -2.21. The van der Waals surface area contributed by atoms with Gasteiger partial charge in [0.1, 0.15) is 17.6 Å². The lowest BCUT2D eigenvalue weighted by molar-refractivity contribution is -0.120. The first-order valence-electron chi connectivity index (χ1n) is 10.5. The summed E-state index contributed by atoms with van der Waals surface area (Å²) < 4.78 is 7.32. The molecular weight excluding hydrogens is 404 g/mol. The summed E-state index contributed by atoms with van der Waals surface area (Å²) >= 11 is 0. The first kappa shape index (κ1) is 23.1. The van der Waals surface area contributed by atoms with E-state index in [9.17, 15) is 9.59 Å². The Balaban J connectivity index is 1.71. The molecule has 0 aliphatic rings. The highest BCUT2D eigenvalue weighted by Gasteiger charge is 2.24. The number of ether oxygens (including phenoxy) is 1. The topological polar surface area (TPSA) is 85.2 Å². The molecule has 1 atom stereocenters. The van der Waals surface area contributed by atoms with Crippen LogP contribution in [0, 0.1) is 0 Å². The van der Waals surface area contributed by atoms with Crippen molar-refractivity contribution in [3.05, 3.63) is 83.4 Å². The Bertz CT molecular complexity index is 1080. The Labute approximate surface area is 188 Å². The lowest BCUT2D eigenvalue weighted by Crippen LogP contribution is -2.39. The van der Waals surface area contributed by atoms with Gasteiger partial charge in [-0.25, -0.2) is 4.98 Å². The maximum atomic E-state index is 12.8. The maximum absolute atomic E-state index is 12.8. The number of benzene rings is 2. The minimum Gasteiger partial charge on any atom is -0.496 e. The summed E-state index contributed by atoms with van der Waals surface area (Å²) in [6, 6.07) is 14.4. The van der Waals surface area contributed by atoms with Crippen molar-refractivity contribution in [3.8, 4) is 5.75 Å². The summed E-state index contributed by atoms with van der Waals surface area (Å²) in [6.45, 7) is 6.19. The van der Waals surface area contributed by atoms with Gasteiger partial charge in [-0.05, 0) is 29.2 Å². The monoisotopic (exact) mass is 434 g/mol. The number of nitrogens with zero attached hydrogens (tertiary/aromatic N) is 2. The average Bonchev–Trinajstić information content (AvgIpc) is 3.20. The van der Waals surface area contributed by atoms with Crippen LogP contribution in [0.2, 0.25) is 0 Å². The number of methoxy groups -OCH3 is 1. The van der Waals surface area contributed by atoms with E-state index < -0.39 is 6.04 Å². The summed E-state index contributed by atoms with van der Waals surface area (Å²) in [5.41, 5.74) is 2.44. The highest BCUT2D eigenvalue weighted by atomic mass is 16.5. The molecule has 1 aromatic heterocycles. The van der Waals surface area contributed by atoms with Gasteiger partial charge < -0.3 is 19.9 Å². The van der Waals surface area contributed by atoms with Gasteiger partial charge in [-0.2, -0.15) is 0 Å². The van der Waals surface area contributed by atoms with E-state index in [4.69, 9.17) is 4.74 Å².